The number of nitrogens with zero attached hydrogens (tertiary/aromatic N) is 1. The van der Waals surface area contributed by atoms with Crippen molar-refractivity contribution in [1.82, 2.24) is 0 Å². The van der Waals surface area contributed by atoms with Crippen molar-refractivity contribution < 1.29 is 14.7 Å². The summed E-state index contributed by atoms with van der Waals surface area (Å²) in [6.07, 6.45) is -0.932. The third kappa shape index (κ3) is 3.06. The number of carboxylic acids is 1. The highest BCUT2D eigenvalue weighted by atomic mass is 16.4. The molecular formula is C11H14N2O3. The van der Waals surface area contributed by atoms with Crippen LogP contribution < -0.4 is 10.6 Å². The average molecular weight is 222 g/mol. The van der Waals surface area contributed by atoms with Crippen LogP contribution in [0.4, 0.5) is 5.69 Å². The summed E-state index contributed by atoms with van der Waals surface area (Å²) in [5, 5.41) is 8.77. The van der Waals surface area contributed by atoms with Crippen molar-refractivity contribution in [2.45, 2.75) is 13.1 Å². The largest absolute Gasteiger partial charge is 0.480 e. The molecule has 0 aliphatic rings. The van der Waals surface area contributed by atoms with Gasteiger partial charge in [0.05, 0.1) is 0 Å². The Hall–Kier alpha value is -1.88. The minimum absolute atomic E-state index is 0.273. The van der Waals surface area contributed by atoms with Gasteiger partial charge in [0.2, 0.25) is 0 Å². The van der Waals surface area contributed by atoms with E-state index in [1.165, 1.54) is 11.8 Å². The first-order chi connectivity index (χ1) is 7.52. The number of ketones is 1. The van der Waals surface area contributed by atoms with Gasteiger partial charge >= 0.3 is 5.97 Å². The molecule has 0 fully saturated rings. The highest BCUT2D eigenvalue weighted by molar-refractivity contribution is 5.86. The highest BCUT2D eigenvalue weighted by Crippen LogP contribution is 2.14. The zero-order valence-electron chi connectivity index (χ0n) is 8.96. The molecule has 3 N–H and O–H groups in total. The summed E-state index contributed by atoms with van der Waals surface area (Å²) >= 11 is 0. The van der Waals surface area contributed by atoms with Gasteiger partial charge in [-0.25, -0.2) is 0 Å². The quantitative estimate of drug-likeness (QED) is 0.707. The van der Waals surface area contributed by atoms with Crippen LogP contribution in [0.25, 0.3) is 0 Å². The second-order valence-electron chi connectivity index (χ2n) is 3.41. The molecule has 0 spiro atoms. The van der Waals surface area contributed by atoms with Crippen LogP contribution >= 0.6 is 0 Å². The van der Waals surface area contributed by atoms with E-state index in [0.29, 0.717) is 5.69 Å². The van der Waals surface area contributed by atoms with Gasteiger partial charge in [0.25, 0.3) is 0 Å². The van der Waals surface area contributed by atoms with Gasteiger partial charge in [-0.15, -0.1) is 0 Å². The zero-order chi connectivity index (χ0) is 12.1. The number of benzene rings is 1. The summed E-state index contributed by atoms with van der Waals surface area (Å²) in [5.41, 5.74) is 6.27. The molecule has 1 rings (SSSR count). The number of hydrogen-bond donors (Lipinski definition) is 2. The third-order valence-corrected chi connectivity index (χ3v) is 2.15. The predicted molar refractivity (Wildman–Crippen MR) is 60.1 cm³/mol. The number of hydrogen-bond acceptors (Lipinski definition) is 4. The topological polar surface area (TPSA) is 83.6 Å². The molecule has 5 heteroatoms. The lowest BCUT2D eigenvalue weighted by atomic mass is 10.2. The molecule has 16 heavy (non-hydrogen) atoms. The van der Waals surface area contributed by atoms with Crippen molar-refractivity contribution in [2.24, 2.45) is 5.73 Å². The number of carbonyl (C=O) groups is 2. The Labute approximate surface area is 93.5 Å². The van der Waals surface area contributed by atoms with E-state index in [1.54, 1.807) is 24.3 Å². The second kappa shape index (κ2) is 5.27. The van der Waals surface area contributed by atoms with Gasteiger partial charge in [0, 0.05) is 5.69 Å². The van der Waals surface area contributed by atoms with Crippen LogP contribution in [0.1, 0.15) is 6.92 Å². The standard InChI is InChI=1S/C11H14N2O3/c1-8(14)11(12)13(7-10(15)16)9-5-3-2-4-6-9/h2-6,11H,7,12H2,1H3,(H,15,16). The molecule has 86 valence electrons. The number of Topliss-reactive ketones (excluding diaryl/α,β-unsaturated/α-hetero) is 1. The molecular weight excluding hydrogens is 208 g/mol. The lowest BCUT2D eigenvalue weighted by Gasteiger charge is -2.27. The maximum Gasteiger partial charge on any atom is 0.323 e. The molecule has 0 heterocycles. The Morgan fingerprint density at radius 3 is 2.38 bits per heavy atom. The lowest BCUT2D eigenvalue weighted by Crippen LogP contribution is -2.49. The van der Waals surface area contributed by atoms with Crippen molar-refractivity contribution in [2.75, 3.05) is 11.4 Å². The fourth-order valence-electron chi connectivity index (χ4n) is 1.33. The van der Waals surface area contributed by atoms with Crippen molar-refractivity contribution >= 4 is 17.4 Å². The fourth-order valence-corrected chi connectivity index (χ4v) is 1.33. The van der Waals surface area contributed by atoms with Gasteiger partial charge < -0.3 is 15.7 Å². The summed E-state index contributed by atoms with van der Waals surface area (Å²) < 4.78 is 0. The van der Waals surface area contributed by atoms with Crippen LogP contribution in [-0.2, 0) is 9.59 Å². The molecule has 1 atom stereocenters. The van der Waals surface area contributed by atoms with Crippen LogP contribution in [-0.4, -0.2) is 29.6 Å². The van der Waals surface area contributed by atoms with Crippen LogP contribution in [0.15, 0.2) is 30.3 Å². The van der Waals surface area contributed by atoms with Gasteiger partial charge in [-0.1, -0.05) is 18.2 Å². The Morgan fingerprint density at radius 1 is 1.38 bits per heavy atom. The molecule has 1 unspecified atom stereocenters. The second-order valence-corrected chi connectivity index (χ2v) is 3.41. The van der Waals surface area contributed by atoms with Crippen molar-refractivity contribution in [1.29, 1.82) is 0 Å². The molecule has 0 aliphatic heterocycles. The Kier molecular flexibility index (Phi) is 4.02. The number of para-hydroxylation sites is 1. The smallest absolute Gasteiger partial charge is 0.323 e. The van der Waals surface area contributed by atoms with Gasteiger partial charge in [-0.2, -0.15) is 0 Å². The van der Waals surface area contributed by atoms with E-state index in [0.717, 1.165) is 0 Å². The van der Waals surface area contributed by atoms with Crippen molar-refractivity contribution in [3.05, 3.63) is 30.3 Å². The SMILES string of the molecule is CC(=O)C(N)N(CC(=O)O)c1ccccc1. The predicted octanol–water partition coefficient (Wildman–Crippen LogP) is 0.451. The number of carboxylic acid groups (broad SMARTS) is 1. The summed E-state index contributed by atoms with van der Waals surface area (Å²) in [4.78, 5) is 23.2. The fraction of sp³-hybridized carbons (Fsp3) is 0.273. The van der Waals surface area contributed by atoms with Gasteiger partial charge in [0.15, 0.2) is 5.78 Å². The van der Waals surface area contributed by atoms with Crippen LogP contribution in [0.2, 0.25) is 0 Å². The molecule has 0 bridgehead atoms. The normalized spacial score (nSPS) is 11.9. The minimum atomic E-state index is -1.03. The lowest BCUT2D eigenvalue weighted by molar-refractivity contribution is -0.135. The van der Waals surface area contributed by atoms with Gasteiger partial charge in [-0.05, 0) is 19.1 Å². The number of rotatable bonds is 5. The Bertz CT molecular complexity index is 378. The van der Waals surface area contributed by atoms with E-state index in [9.17, 15) is 9.59 Å². The highest BCUT2D eigenvalue weighted by Gasteiger charge is 2.20. The number of anilines is 1. The van der Waals surface area contributed by atoms with Crippen LogP contribution in [0.3, 0.4) is 0 Å². The summed E-state index contributed by atoms with van der Waals surface area (Å²) in [6.45, 7) is 1.03. The Morgan fingerprint density at radius 2 is 1.94 bits per heavy atom. The maximum atomic E-state index is 11.2. The van der Waals surface area contributed by atoms with Crippen molar-refractivity contribution in [3.8, 4) is 0 Å². The van der Waals surface area contributed by atoms with Crippen molar-refractivity contribution in [3.63, 3.8) is 0 Å². The van der Waals surface area contributed by atoms with Crippen LogP contribution in [0.5, 0.6) is 0 Å². The van der Waals surface area contributed by atoms with Gasteiger partial charge in [0.1, 0.15) is 12.7 Å². The van der Waals surface area contributed by atoms with Crippen LogP contribution in [0, 0.1) is 0 Å². The van der Waals surface area contributed by atoms with E-state index in [2.05, 4.69) is 0 Å². The van der Waals surface area contributed by atoms with E-state index in [4.69, 9.17) is 10.8 Å². The monoisotopic (exact) mass is 222 g/mol. The molecule has 0 aromatic heterocycles. The number of nitrogens with two attached hydrogens (primary N) is 1. The van der Waals surface area contributed by atoms with E-state index >= 15 is 0 Å². The first kappa shape index (κ1) is 12.2. The number of aliphatic carboxylic acids is 1. The van der Waals surface area contributed by atoms with Gasteiger partial charge in [-0.3, -0.25) is 9.59 Å². The third-order valence-electron chi connectivity index (χ3n) is 2.15. The molecule has 0 radical (unpaired) electrons. The maximum absolute atomic E-state index is 11.2. The molecule has 1 aromatic carbocycles. The first-order valence-corrected chi connectivity index (χ1v) is 4.82. The molecule has 0 saturated heterocycles. The summed E-state index contributed by atoms with van der Waals surface area (Å²) in [5.74, 6) is -1.30. The van der Waals surface area contributed by atoms with E-state index in [1.807, 2.05) is 6.07 Å². The Balaban J connectivity index is 2.96. The average Bonchev–Trinajstić information content (AvgIpc) is 2.26. The molecule has 1 aromatic rings. The zero-order valence-corrected chi connectivity index (χ0v) is 8.96. The number of carbonyl (C=O) groups excluding carboxylic acids is 1. The van der Waals surface area contributed by atoms with E-state index < -0.39 is 12.1 Å². The molecule has 5 nitrogen and oxygen atoms in total. The molecule has 0 amide bonds. The molecule has 0 aliphatic carbocycles. The first-order valence-electron chi connectivity index (χ1n) is 4.82. The summed E-state index contributed by atoms with van der Waals surface area (Å²) in [6, 6.07) is 8.76. The molecule has 0 saturated carbocycles. The minimum Gasteiger partial charge on any atom is -0.480 e. The summed E-state index contributed by atoms with van der Waals surface area (Å²) in [7, 11) is 0. The van der Waals surface area contributed by atoms with E-state index in [-0.39, 0.29) is 12.3 Å².